The second-order valence-corrected chi connectivity index (χ2v) is 10.8. The molecule has 3 aromatic carbocycles. The maximum Gasteiger partial charge on any atom is 0.264 e. The van der Waals surface area contributed by atoms with Crippen LogP contribution in [0.2, 0.25) is 5.02 Å². The zero-order valence-corrected chi connectivity index (χ0v) is 21.4. The molecule has 1 amide bonds. The Morgan fingerprint density at radius 1 is 0.941 bits per heavy atom. The van der Waals surface area contributed by atoms with Crippen molar-refractivity contribution in [3.05, 3.63) is 87.9 Å². The fourth-order valence-corrected chi connectivity index (χ4v) is 5.24. The van der Waals surface area contributed by atoms with Crippen LogP contribution in [0, 0.1) is 20.8 Å². The number of benzene rings is 3. The van der Waals surface area contributed by atoms with Gasteiger partial charge in [0.25, 0.3) is 5.91 Å². The van der Waals surface area contributed by atoms with Gasteiger partial charge in [0.15, 0.2) is 21.6 Å². The maximum absolute atomic E-state index is 12.8. The molecule has 0 radical (unpaired) electrons. The quantitative estimate of drug-likeness (QED) is 0.423. The number of anilines is 1. The molecule has 0 unspecified atom stereocenters. The summed E-state index contributed by atoms with van der Waals surface area (Å²) in [5, 5.41) is 5.85. The predicted octanol–water partition coefficient (Wildman–Crippen LogP) is 5.13. The molecule has 0 heterocycles. The first-order valence-electron chi connectivity index (χ1n) is 10.4. The number of rotatable bonds is 7. The molecule has 9 heteroatoms. The highest BCUT2D eigenvalue weighted by molar-refractivity contribution is 7.90. The highest BCUT2D eigenvalue weighted by Gasteiger charge is 2.16. The number of carbonyl (C=O) groups excluding carboxylic acids is 1. The molecule has 0 aliphatic rings. The van der Waals surface area contributed by atoms with Gasteiger partial charge in [0.1, 0.15) is 5.75 Å². The zero-order valence-electron chi connectivity index (χ0n) is 19.0. The number of halogens is 1. The van der Waals surface area contributed by atoms with E-state index in [0.29, 0.717) is 16.5 Å². The molecule has 34 heavy (non-hydrogen) atoms. The van der Waals surface area contributed by atoms with Crippen LogP contribution in [0.15, 0.2) is 65.6 Å². The summed E-state index contributed by atoms with van der Waals surface area (Å²) in [5.41, 5.74) is 4.31. The van der Waals surface area contributed by atoms with Gasteiger partial charge >= 0.3 is 0 Å². The van der Waals surface area contributed by atoms with Crippen LogP contribution in [0.1, 0.15) is 22.3 Å². The second-order valence-electron chi connectivity index (χ2n) is 8.00. The van der Waals surface area contributed by atoms with E-state index in [0.717, 1.165) is 22.3 Å². The Morgan fingerprint density at radius 3 is 2.21 bits per heavy atom. The Balaban J connectivity index is 1.55. The van der Waals surface area contributed by atoms with Crippen molar-refractivity contribution in [2.24, 2.45) is 0 Å². The van der Waals surface area contributed by atoms with Gasteiger partial charge in [-0.3, -0.25) is 10.1 Å². The highest BCUT2D eigenvalue weighted by atomic mass is 35.5. The van der Waals surface area contributed by atoms with E-state index in [2.05, 4.69) is 10.6 Å². The number of nitrogens with one attached hydrogen (secondary N) is 2. The van der Waals surface area contributed by atoms with Gasteiger partial charge < -0.3 is 10.1 Å². The first-order chi connectivity index (χ1) is 16.0. The fraction of sp³-hybridized carbons (Fsp3) is 0.200. The van der Waals surface area contributed by atoms with Crippen molar-refractivity contribution >= 4 is 50.4 Å². The molecule has 0 aliphatic carbocycles. The molecular formula is C25H25ClN2O4S2. The summed E-state index contributed by atoms with van der Waals surface area (Å²) in [4.78, 5) is 12.3. The van der Waals surface area contributed by atoms with Crippen LogP contribution in [0.3, 0.4) is 0 Å². The number of hydrogen-bond donors (Lipinski definition) is 2. The summed E-state index contributed by atoms with van der Waals surface area (Å²) in [6.45, 7) is 5.52. The largest absolute Gasteiger partial charge is 0.482 e. The third-order valence-corrected chi connectivity index (χ3v) is 7.01. The average molecular weight is 517 g/mol. The Hall–Kier alpha value is -2.94. The van der Waals surface area contributed by atoms with Gasteiger partial charge in [-0.15, -0.1) is 0 Å². The Bertz CT molecular complexity index is 1300. The van der Waals surface area contributed by atoms with E-state index in [-0.39, 0.29) is 22.4 Å². The Labute approximate surface area is 210 Å². The van der Waals surface area contributed by atoms with E-state index >= 15 is 0 Å². The van der Waals surface area contributed by atoms with Crippen molar-refractivity contribution in [1.82, 2.24) is 5.32 Å². The van der Waals surface area contributed by atoms with Gasteiger partial charge in [-0.25, -0.2) is 8.42 Å². The Kier molecular flexibility index (Phi) is 8.30. The zero-order chi connectivity index (χ0) is 24.9. The molecular weight excluding hydrogens is 492 g/mol. The summed E-state index contributed by atoms with van der Waals surface area (Å²) >= 11 is 11.3. The number of ether oxygens (including phenoxy) is 1. The lowest BCUT2D eigenvalue weighted by molar-refractivity contribution is -0.121. The van der Waals surface area contributed by atoms with Gasteiger partial charge in [-0.1, -0.05) is 47.0 Å². The summed E-state index contributed by atoms with van der Waals surface area (Å²) in [7, 11) is -3.51. The van der Waals surface area contributed by atoms with Gasteiger partial charge in [-0.2, -0.15) is 0 Å². The van der Waals surface area contributed by atoms with E-state index in [1.54, 1.807) is 24.3 Å². The van der Waals surface area contributed by atoms with Crippen LogP contribution in [-0.2, 0) is 20.4 Å². The minimum atomic E-state index is -3.51. The first-order valence-corrected chi connectivity index (χ1v) is 12.9. The van der Waals surface area contributed by atoms with Crippen LogP contribution in [0.5, 0.6) is 5.75 Å². The molecule has 0 atom stereocenters. The number of thiocarbonyl (C=S) groups is 1. The molecule has 2 N–H and O–H groups in total. The van der Waals surface area contributed by atoms with Crippen LogP contribution in [0.25, 0.3) is 0 Å². The SMILES string of the molecule is Cc1cc(C)cc(CS(=O)(=O)c2ccc(NC(=S)NC(=O)COc3ccc(C)cc3Cl)cc2)c1. The molecule has 0 aliphatic heterocycles. The van der Waals surface area contributed by atoms with E-state index in [1.807, 2.05) is 45.0 Å². The molecule has 0 bridgehead atoms. The lowest BCUT2D eigenvalue weighted by Gasteiger charge is -2.12. The summed E-state index contributed by atoms with van der Waals surface area (Å²) in [6.07, 6.45) is 0. The predicted molar refractivity (Wildman–Crippen MR) is 139 cm³/mol. The number of sulfone groups is 1. The van der Waals surface area contributed by atoms with E-state index < -0.39 is 15.7 Å². The fourth-order valence-electron chi connectivity index (χ4n) is 3.39. The molecule has 6 nitrogen and oxygen atoms in total. The van der Waals surface area contributed by atoms with Crippen molar-refractivity contribution in [2.75, 3.05) is 11.9 Å². The second kappa shape index (κ2) is 11.0. The lowest BCUT2D eigenvalue weighted by atomic mass is 10.1. The highest BCUT2D eigenvalue weighted by Crippen LogP contribution is 2.25. The summed E-state index contributed by atoms with van der Waals surface area (Å²) in [5.74, 6) is -0.136. The normalized spacial score (nSPS) is 11.1. The molecule has 3 rings (SSSR count). The average Bonchev–Trinajstić information content (AvgIpc) is 2.72. The lowest BCUT2D eigenvalue weighted by Crippen LogP contribution is -2.37. The third-order valence-electron chi connectivity index (χ3n) is 4.81. The van der Waals surface area contributed by atoms with E-state index in [1.165, 1.54) is 12.1 Å². The molecule has 0 saturated heterocycles. The topological polar surface area (TPSA) is 84.5 Å². The summed E-state index contributed by atoms with van der Waals surface area (Å²) < 4.78 is 31.0. The minimum Gasteiger partial charge on any atom is -0.482 e. The number of carbonyl (C=O) groups is 1. The van der Waals surface area contributed by atoms with Crippen LogP contribution in [0.4, 0.5) is 5.69 Å². The van der Waals surface area contributed by atoms with Gasteiger partial charge in [0.05, 0.1) is 15.7 Å². The molecule has 0 saturated carbocycles. The van der Waals surface area contributed by atoms with Crippen molar-refractivity contribution in [3.63, 3.8) is 0 Å². The van der Waals surface area contributed by atoms with Crippen LogP contribution < -0.4 is 15.4 Å². The van der Waals surface area contributed by atoms with Gasteiger partial charge in [-0.05, 0) is 80.5 Å². The van der Waals surface area contributed by atoms with E-state index in [9.17, 15) is 13.2 Å². The monoisotopic (exact) mass is 516 g/mol. The Morgan fingerprint density at radius 2 is 1.59 bits per heavy atom. The van der Waals surface area contributed by atoms with Gasteiger partial charge in [0.2, 0.25) is 0 Å². The molecule has 178 valence electrons. The maximum atomic E-state index is 12.8. The molecule has 0 fully saturated rings. The van der Waals surface area contributed by atoms with Crippen molar-refractivity contribution in [3.8, 4) is 5.75 Å². The summed E-state index contributed by atoms with van der Waals surface area (Å²) in [6, 6.07) is 17.2. The smallest absolute Gasteiger partial charge is 0.264 e. The first kappa shape index (κ1) is 25.7. The molecule has 0 spiro atoms. The van der Waals surface area contributed by atoms with Crippen molar-refractivity contribution in [2.45, 2.75) is 31.4 Å². The standard InChI is InChI=1S/C25H25ClN2O4S2/c1-16-4-9-23(22(26)13-16)32-14-24(29)28-25(33)27-20-5-7-21(8-6-20)34(30,31)15-19-11-17(2)10-18(3)12-19/h4-13H,14-15H2,1-3H3,(H2,27,28,29,33). The van der Waals surface area contributed by atoms with Crippen LogP contribution in [-0.4, -0.2) is 26.0 Å². The van der Waals surface area contributed by atoms with Crippen LogP contribution >= 0.6 is 23.8 Å². The van der Waals surface area contributed by atoms with Gasteiger partial charge in [0, 0.05) is 5.69 Å². The number of amides is 1. The third kappa shape index (κ3) is 7.28. The number of aryl methyl sites for hydroxylation is 3. The molecule has 0 aromatic heterocycles. The minimum absolute atomic E-state index is 0.0643. The van der Waals surface area contributed by atoms with Crippen molar-refractivity contribution < 1.29 is 17.9 Å². The van der Waals surface area contributed by atoms with Crippen molar-refractivity contribution in [1.29, 1.82) is 0 Å². The molecule has 3 aromatic rings. The number of hydrogen-bond acceptors (Lipinski definition) is 5. The van der Waals surface area contributed by atoms with E-state index in [4.69, 9.17) is 28.6 Å².